The number of carbonyl (C=O) groups is 1. The molecule has 0 atom stereocenters. The minimum absolute atomic E-state index is 0.0581. The fraction of sp³-hybridized carbons (Fsp3) is 0.333. The lowest BCUT2D eigenvalue weighted by atomic mass is 10.0. The Bertz CT molecular complexity index is 1510. The smallest absolute Gasteiger partial charge is 0.409 e. The number of benzene rings is 2. The molecule has 0 radical (unpaired) electrons. The topological polar surface area (TPSA) is 96.0 Å². The standard InChI is InChI=1S/C24H20FN5O3.C6H13N/c1-29(24(31)33-3)13-18-9-8-17(10-19(18)25)22-21(16-6-4-15(11-26)5-7-16)28-23(32-2)20-12-27-14-30(20)22;1-7-5-3-2-4-6-7/h4-10,12,14H,13H2,1-3H3;2-6H2,1H3. The van der Waals surface area contributed by atoms with Gasteiger partial charge in [-0.05, 0) is 51.2 Å². The third kappa shape index (κ3) is 6.38. The highest BCUT2D eigenvalue weighted by atomic mass is 19.1. The van der Waals surface area contributed by atoms with Gasteiger partial charge in [-0.1, -0.05) is 30.7 Å². The normalized spacial score (nSPS) is 13.2. The highest BCUT2D eigenvalue weighted by Gasteiger charge is 2.20. The Morgan fingerprint density at radius 3 is 2.38 bits per heavy atom. The maximum absolute atomic E-state index is 15.1. The van der Waals surface area contributed by atoms with Crippen LogP contribution in [0.5, 0.6) is 5.88 Å². The number of ether oxygens (including phenoxy) is 2. The first-order chi connectivity index (χ1) is 19.4. The molecular formula is C30H33FN6O3. The van der Waals surface area contributed by atoms with Crippen LogP contribution in [0.4, 0.5) is 9.18 Å². The van der Waals surface area contributed by atoms with Gasteiger partial charge in [0, 0.05) is 23.7 Å². The van der Waals surface area contributed by atoms with Gasteiger partial charge in [0.25, 0.3) is 0 Å². The zero-order valence-electron chi connectivity index (χ0n) is 23.2. The van der Waals surface area contributed by atoms with Crippen molar-refractivity contribution >= 4 is 11.6 Å². The first-order valence-electron chi connectivity index (χ1n) is 13.0. The number of carbonyl (C=O) groups excluding carboxylic acids is 1. The van der Waals surface area contributed by atoms with Crippen molar-refractivity contribution in [2.75, 3.05) is 41.4 Å². The van der Waals surface area contributed by atoms with Crippen LogP contribution in [0.25, 0.3) is 28.0 Å². The molecule has 0 spiro atoms. The molecule has 5 rings (SSSR count). The lowest BCUT2D eigenvalue weighted by Crippen LogP contribution is -2.26. The number of likely N-dealkylation sites (tertiary alicyclic amines) is 1. The number of amides is 1. The van der Waals surface area contributed by atoms with E-state index in [-0.39, 0.29) is 6.54 Å². The molecule has 9 nitrogen and oxygen atoms in total. The molecule has 2 aromatic heterocycles. The largest absolute Gasteiger partial charge is 0.479 e. The minimum Gasteiger partial charge on any atom is -0.479 e. The van der Waals surface area contributed by atoms with Crippen LogP contribution in [0, 0.1) is 17.1 Å². The molecule has 1 fully saturated rings. The van der Waals surface area contributed by atoms with Gasteiger partial charge >= 0.3 is 6.09 Å². The molecule has 0 aliphatic carbocycles. The number of imidazole rings is 1. The zero-order valence-corrected chi connectivity index (χ0v) is 23.2. The van der Waals surface area contributed by atoms with E-state index in [1.165, 1.54) is 64.6 Å². The average molecular weight is 545 g/mol. The van der Waals surface area contributed by atoms with Crippen molar-refractivity contribution < 1.29 is 18.7 Å². The van der Waals surface area contributed by atoms with Gasteiger partial charge < -0.3 is 19.3 Å². The molecule has 1 aliphatic heterocycles. The van der Waals surface area contributed by atoms with Crippen LogP contribution in [0.1, 0.15) is 30.4 Å². The molecule has 0 unspecified atom stereocenters. The summed E-state index contributed by atoms with van der Waals surface area (Å²) in [5.74, 6) is -0.106. The van der Waals surface area contributed by atoms with Crippen LogP contribution in [-0.4, -0.2) is 71.7 Å². The number of aromatic nitrogens is 3. The molecule has 40 heavy (non-hydrogen) atoms. The van der Waals surface area contributed by atoms with Gasteiger partial charge in [-0.15, -0.1) is 0 Å². The summed E-state index contributed by atoms with van der Waals surface area (Å²) in [7, 11) is 6.52. The van der Waals surface area contributed by atoms with E-state index in [1.807, 2.05) is 0 Å². The maximum atomic E-state index is 15.1. The third-order valence-electron chi connectivity index (χ3n) is 6.82. The third-order valence-corrected chi connectivity index (χ3v) is 6.82. The quantitative estimate of drug-likeness (QED) is 0.333. The van der Waals surface area contributed by atoms with E-state index in [0.717, 1.165) is 5.56 Å². The average Bonchev–Trinajstić information content (AvgIpc) is 3.47. The van der Waals surface area contributed by atoms with Crippen LogP contribution < -0.4 is 4.74 Å². The SMILES string of the molecule is CN1CCCCC1.COC(=O)N(C)Cc1ccc(-c2c(-c3ccc(C#N)cc3)nc(OC)c3cncn23)cc1F. The van der Waals surface area contributed by atoms with E-state index in [1.54, 1.807) is 53.3 Å². The van der Waals surface area contributed by atoms with Crippen molar-refractivity contribution in [1.29, 1.82) is 5.26 Å². The highest BCUT2D eigenvalue weighted by molar-refractivity contribution is 5.82. The van der Waals surface area contributed by atoms with Crippen molar-refractivity contribution in [1.82, 2.24) is 24.2 Å². The second-order valence-corrected chi connectivity index (χ2v) is 9.65. The van der Waals surface area contributed by atoms with Crippen LogP contribution >= 0.6 is 0 Å². The molecule has 208 valence electrons. The Labute approximate surface area is 233 Å². The van der Waals surface area contributed by atoms with Crippen LogP contribution in [0.2, 0.25) is 0 Å². The summed E-state index contributed by atoms with van der Waals surface area (Å²) >= 11 is 0. The Morgan fingerprint density at radius 2 is 1.80 bits per heavy atom. The van der Waals surface area contributed by atoms with E-state index in [0.29, 0.717) is 39.5 Å². The molecular weight excluding hydrogens is 511 g/mol. The number of hydrogen-bond donors (Lipinski definition) is 0. The van der Waals surface area contributed by atoms with E-state index < -0.39 is 11.9 Å². The Hall–Kier alpha value is -4.49. The number of methoxy groups -OCH3 is 2. The lowest BCUT2D eigenvalue weighted by molar-refractivity contribution is 0.131. The first-order valence-corrected chi connectivity index (χ1v) is 13.0. The summed E-state index contributed by atoms with van der Waals surface area (Å²) in [5.41, 5.74) is 3.93. The number of nitrogens with zero attached hydrogens (tertiary/aromatic N) is 6. The van der Waals surface area contributed by atoms with Crippen LogP contribution in [0.15, 0.2) is 55.0 Å². The van der Waals surface area contributed by atoms with Gasteiger partial charge in [-0.3, -0.25) is 4.40 Å². The van der Waals surface area contributed by atoms with Crippen molar-refractivity contribution in [3.8, 4) is 34.5 Å². The van der Waals surface area contributed by atoms with Gasteiger partial charge in [-0.2, -0.15) is 5.26 Å². The number of fused-ring (bicyclic) bond motifs is 1. The minimum atomic E-state index is -0.555. The van der Waals surface area contributed by atoms with E-state index in [4.69, 9.17) is 10.00 Å². The Morgan fingerprint density at radius 1 is 1.10 bits per heavy atom. The van der Waals surface area contributed by atoms with Gasteiger partial charge in [0.05, 0.1) is 56.3 Å². The molecule has 1 aliphatic rings. The maximum Gasteiger partial charge on any atom is 0.409 e. The van der Waals surface area contributed by atoms with Crippen molar-refractivity contribution in [2.24, 2.45) is 0 Å². The summed E-state index contributed by atoms with van der Waals surface area (Å²) in [6.07, 6.45) is 6.95. The molecule has 1 amide bonds. The van der Waals surface area contributed by atoms with E-state index in [9.17, 15) is 4.79 Å². The first kappa shape index (κ1) is 28.5. The van der Waals surface area contributed by atoms with Gasteiger partial charge in [-0.25, -0.2) is 19.2 Å². The summed E-state index contributed by atoms with van der Waals surface area (Å²) in [6, 6.07) is 13.8. The number of hydrogen-bond acceptors (Lipinski definition) is 7. The zero-order chi connectivity index (χ0) is 28.6. The van der Waals surface area contributed by atoms with E-state index >= 15 is 4.39 Å². The highest BCUT2D eigenvalue weighted by Crippen LogP contribution is 2.35. The summed E-state index contributed by atoms with van der Waals surface area (Å²) < 4.78 is 27.0. The van der Waals surface area contributed by atoms with Gasteiger partial charge in [0.2, 0.25) is 5.88 Å². The van der Waals surface area contributed by atoms with Crippen LogP contribution in [-0.2, 0) is 11.3 Å². The molecule has 4 aromatic rings. The fourth-order valence-corrected chi connectivity index (χ4v) is 4.64. The molecule has 0 N–H and O–H groups in total. The monoisotopic (exact) mass is 544 g/mol. The fourth-order valence-electron chi connectivity index (χ4n) is 4.64. The molecule has 3 heterocycles. The van der Waals surface area contributed by atoms with E-state index in [2.05, 4.69) is 32.7 Å². The van der Waals surface area contributed by atoms with Gasteiger partial charge in [0.15, 0.2) is 0 Å². The predicted molar refractivity (Wildman–Crippen MR) is 150 cm³/mol. The molecule has 10 heteroatoms. The molecule has 1 saturated heterocycles. The van der Waals surface area contributed by atoms with Crippen molar-refractivity contribution in [3.63, 3.8) is 0 Å². The lowest BCUT2D eigenvalue weighted by Gasteiger charge is -2.20. The summed E-state index contributed by atoms with van der Waals surface area (Å²) in [5, 5.41) is 9.12. The van der Waals surface area contributed by atoms with Crippen molar-refractivity contribution in [3.05, 3.63) is 71.9 Å². The molecule has 0 saturated carbocycles. The second kappa shape index (κ2) is 13.0. The number of piperidine rings is 1. The number of nitriles is 1. The predicted octanol–water partition coefficient (Wildman–Crippen LogP) is 5.38. The Balaban J connectivity index is 0.000000461. The molecule has 2 aromatic carbocycles. The van der Waals surface area contributed by atoms with Crippen molar-refractivity contribution in [2.45, 2.75) is 25.8 Å². The second-order valence-electron chi connectivity index (χ2n) is 9.65. The molecule has 0 bridgehead atoms. The van der Waals surface area contributed by atoms with Crippen LogP contribution in [0.3, 0.4) is 0 Å². The van der Waals surface area contributed by atoms with Gasteiger partial charge in [0.1, 0.15) is 11.3 Å². The summed E-state index contributed by atoms with van der Waals surface area (Å²) in [6.45, 7) is 2.70. The Kier molecular flexibility index (Phi) is 9.30. The number of rotatable bonds is 5. The summed E-state index contributed by atoms with van der Waals surface area (Å²) in [4.78, 5) is 24.2. The number of halogens is 1.